The minimum Gasteiger partial charge on any atom is -0.399 e. The first-order valence-corrected chi connectivity index (χ1v) is 4.01. The van der Waals surface area contributed by atoms with Gasteiger partial charge in [-0.05, 0) is 17.5 Å². The molecule has 1 aromatic rings. The van der Waals surface area contributed by atoms with E-state index in [1.807, 2.05) is 12.3 Å². The van der Waals surface area contributed by atoms with E-state index in [2.05, 4.69) is 25.4 Å². The van der Waals surface area contributed by atoms with Gasteiger partial charge in [0.2, 0.25) is 0 Å². The van der Waals surface area contributed by atoms with Crippen molar-refractivity contribution in [1.29, 1.82) is 0 Å². The van der Waals surface area contributed by atoms with Crippen LogP contribution in [0.1, 0.15) is 30.9 Å². The van der Waals surface area contributed by atoms with Crippen molar-refractivity contribution in [3.63, 3.8) is 0 Å². The van der Waals surface area contributed by atoms with Gasteiger partial charge in [0.05, 0.1) is 0 Å². The van der Waals surface area contributed by atoms with E-state index in [9.17, 15) is 0 Å². The maximum absolute atomic E-state index is 5.55. The molecule has 0 spiro atoms. The fraction of sp³-hybridized carbons (Fsp3) is 0.300. The highest BCUT2D eigenvalue weighted by Gasteiger charge is 2.01. The Morgan fingerprint density at radius 1 is 1.50 bits per heavy atom. The first-order chi connectivity index (χ1) is 5.61. The molecule has 1 aromatic heterocycles. The maximum atomic E-state index is 5.55. The van der Waals surface area contributed by atoms with E-state index in [1.54, 1.807) is 6.20 Å². The summed E-state index contributed by atoms with van der Waals surface area (Å²) in [4.78, 5) is 4.09. The molecule has 0 aromatic carbocycles. The van der Waals surface area contributed by atoms with Crippen molar-refractivity contribution in [3.8, 4) is 0 Å². The van der Waals surface area contributed by atoms with Crippen LogP contribution < -0.4 is 5.73 Å². The molecule has 0 radical (unpaired) electrons. The predicted molar refractivity (Wildman–Crippen MR) is 51.5 cm³/mol. The van der Waals surface area contributed by atoms with Gasteiger partial charge < -0.3 is 5.73 Å². The first kappa shape index (κ1) is 8.78. The highest BCUT2D eigenvalue weighted by molar-refractivity contribution is 5.59. The summed E-state index contributed by atoms with van der Waals surface area (Å²) in [7, 11) is 0. The highest BCUT2D eigenvalue weighted by atomic mass is 14.6. The zero-order chi connectivity index (χ0) is 9.14. The summed E-state index contributed by atoms with van der Waals surface area (Å²) in [5, 5.41) is 0. The molecule has 0 unspecified atom stereocenters. The Morgan fingerprint density at radius 2 is 2.17 bits per heavy atom. The van der Waals surface area contributed by atoms with Crippen molar-refractivity contribution in [2.75, 3.05) is 0 Å². The lowest BCUT2D eigenvalue weighted by molar-refractivity contribution is 0.857. The Hall–Kier alpha value is -1.31. The zero-order valence-electron chi connectivity index (χ0n) is 7.54. The molecule has 2 heteroatoms. The molecular formula is C10H14N2. The van der Waals surface area contributed by atoms with E-state index in [1.165, 1.54) is 5.56 Å². The molecule has 2 nitrogen and oxygen atoms in total. The van der Waals surface area contributed by atoms with Gasteiger partial charge >= 0.3 is 0 Å². The number of nitrogens with zero attached hydrogens (tertiary/aromatic N) is 1. The smallest absolute Gasteiger partial charge is 0.0361 e. The zero-order valence-corrected chi connectivity index (χ0v) is 7.54. The van der Waals surface area contributed by atoms with E-state index in [4.69, 9.17) is 5.73 Å². The number of nitrogens with two attached hydrogens (primary N) is 1. The van der Waals surface area contributed by atoms with Crippen LogP contribution in [0.2, 0.25) is 0 Å². The Bertz CT molecular complexity index is 290. The van der Waals surface area contributed by atoms with Gasteiger partial charge in [-0.15, -0.1) is 0 Å². The third-order valence-corrected chi connectivity index (χ3v) is 1.80. The standard InChI is InChI=1S/C10H14N2/c1-7(2)9-4-10(8(3)11)6-12-5-9/h4-7H,3,11H2,1-2H3. The van der Waals surface area contributed by atoms with Gasteiger partial charge in [-0.2, -0.15) is 0 Å². The largest absolute Gasteiger partial charge is 0.399 e. The van der Waals surface area contributed by atoms with Crippen molar-refractivity contribution < 1.29 is 0 Å². The molecule has 0 amide bonds. The van der Waals surface area contributed by atoms with Crippen molar-refractivity contribution >= 4 is 5.70 Å². The third-order valence-electron chi connectivity index (χ3n) is 1.80. The summed E-state index contributed by atoms with van der Waals surface area (Å²) in [5.74, 6) is 0.483. The summed E-state index contributed by atoms with van der Waals surface area (Å²) in [6.07, 6.45) is 3.59. The lowest BCUT2D eigenvalue weighted by Crippen LogP contribution is -1.97. The van der Waals surface area contributed by atoms with Crippen LogP contribution in [-0.4, -0.2) is 4.98 Å². The molecule has 1 heterocycles. The van der Waals surface area contributed by atoms with Crippen molar-refractivity contribution in [2.45, 2.75) is 19.8 Å². The molecule has 12 heavy (non-hydrogen) atoms. The second-order valence-electron chi connectivity index (χ2n) is 3.19. The molecule has 0 aliphatic carbocycles. The van der Waals surface area contributed by atoms with Crippen LogP contribution in [0.4, 0.5) is 0 Å². The average Bonchev–Trinajstić information content (AvgIpc) is 2.04. The van der Waals surface area contributed by atoms with E-state index in [0.29, 0.717) is 11.6 Å². The SMILES string of the molecule is C=C(N)c1cncc(C(C)C)c1. The molecule has 0 bridgehead atoms. The average molecular weight is 162 g/mol. The van der Waals surface area contributed by atoms with Crippen molar-refractivity contribution in [1.82, 2.24) is 4.98 Å². The summed E-state index contributed by atoms with van der Waals surface area (Å²) in [6.45, 7) is 7.91. The van der Waals surface area contributed by atoms with E-state index in [-0.39, 0.29) is 0 Å². The molecule has 0 saturated heterocycles. The van der Waals surface area contributed by atoms with Crippen LogP contribution in [0.15, 0.2) is 25.0 Å². The maximum Gasteiger partial charge on any atom is 0.0361 e. The summed E-state index contributed by atoms with van der Waals surface area (Å²) in [5.41, 5.74) is 8.23. The van der Waals surface area contributed by atoms with Crippen LogP contribution in [0.3, 0.4) is 0 Å². The second kappa shape index (κ2) is 3.39. The van der Waals surface area contributed by atoms with Gasteiger partial charge in [0.25, 0.3) is 0 Å². The van der Waals surface area contributed by atoms with E-state index < -0.39 is 0 Å². The van der Waals surface area contributed by atoms with Gasteiger partial charge in [-0.3, -0.25) is 4.98 Å². The molecule has 0 fully saturated rings. The van der Waals surface area contributed by atoms with Crippen LogP contribution in [-0.2, 0) is 0 Å². The van der Waals surface area contributed by atoms with Gasteiger partial charge in [-0.1, -0.05) is 20.4 Å². The summed E-state index contributed by atoms with van der Waals surface area (Å²) < 4.78 is 0. The predicted octanol–water partition coefficient (Wildman–Crippen LogP) is 2.13. The molecule has 1 rings (SSSR count). The normalized spacial score (nSPS) is 10.2. The topological polar surface area (TPSA) is 38.9 Å². The van der Waals surface area contributed by atoms with Gasteiger partial charge in [0, 0.05) is 23.7 Å². The first-order valence-electron chi connectivity index (χ1n) is 4.01. The van der Waals surface area contributed by atoms with E-state index >= 15 is 0 Å². The number of hydrogen-bond donors (Lipinski definition) is 1. The number of hydrogen-bond acceptors (Lipinski definition) is 2. The lowest BCUT2D eigenvalue weighted by atomic mass is 10.0. The van der Waals surface area contributed by atoms with Gasteiger partial charge in [0.1, 0.15) is 0 Å². The van der Waals surface area contributed by atoms with Crippen LogP contribution in [0, 0.1) is 0 Å². The third kappa shape index (κ3) is 1.84. The Kier molecular flexibility index (Phi) is 2.48. The van der Waals surface area contributed by atoms with Crippen molar-refractivity contribution in [2.24, 2.45) is 5.73 Å². The minimum atomic E-state index is 0.483. The van der Waals surface area contributed by atoms with E-state index in [0.717, 1.165) is 5.56 Å². The fourth-order valence-corrected chi connectivity index (χ4v) is 0.949. The summed E-state index contributed by atoms with van der Waals surface area (Å²) >= 11 is 0. The summed E-state index contributed by atoms with van der Waals surface area (Å²) in [6, 6.07) is 2.03. The number of aromatic nitrogens is 1. The molecular weight excluding hydrogens is 148 g/mol. The fourth-order valence-electron chi connectivity index (χ4n) is 0.949. The number of pyridine rings is 1. The second-order valence-corrected chi connectivity index (χ2v) is 3.19. The molecule has 2 N–H and O–H groups in total. The molecule has 0 aliphatic rings. The van der Waals surface area contributed by atoms with Gasteiger partial charge in [-0.25, -0.2) is 0 Å². The van der Waals surface area contributed by atoms with Crippen LogP contribution >= 0.6 is 0 Å². The van der Waals surface area contributed by atoms with Crippen LogP contribution in [0.25, 0.3) is 5.70 Å². The lowest BCUT2D eigenvalue weighted by Gasteiger charge is -2.06. The Balaban J connectivity index is 3.04. The minimum absolute atomic E-state index is 0.483. The quantitative estimate of drug-likeness (QED) is 0.723. The highest BCUT2D eigenvalue weighted by Crippen LogP contribution is 2.15. The number of rotatable bonds is 2. The van der Waals surface area contributed by atoms with Gasteiger partial charge in [0.15, 0.2) is 0 Å². The van der Waals surface area contributed by atoms with Crippen LogP contribution in [0.5, 0.6) is 0 Å². The monoisotopic (exact) mass is 162 g/mol. The molecule has 0 saturated carbocycles. The molecule has 0 aliphatic heterocycles. The Morgan fingerprint density at radius 3 is 2.67 bits per heavy atom. The Labute approximate surface area is 73.1 Å². The molecule has 64 valence electrons. The molecule has 0 atom stereocenters. The van der Waals surface area contributed by atoms with Crippen molar-refractivity contribution in [3.05, 3.63) is 36.2 Å².